The molecule has 1 aromatic carbocycles. The van der Waals surface area contributed by atoms with Gasteiger partial charge in [0.1, 0.15) is 0 Å². The van der Waals surface area contributed by atoms with E-state index in [1.165, 1.54) is 0 Å². The van der Waals surface area contributed by atoms with Crippen LogP contribution in [0.25, 0.3) is 0 Å². The SMILES string of the molecule is CCC1(c2ccc(C)cc2)C(=O)NC(=O)NC1=O. The molecule has 5 heteroatoms. The lowest BCUT2D eigenvalue weighted by atomic mass is 9.75. The summed E-state index contributed by atoms with van der Waals surface area (Å²) in [5.41, 5.74) is 0.317. The van der Waals surface area contributed by atoms with Crippen molar-refractivity contribution in [1.29, 1.82) is 0 Å². The number of hydrogen-bond donors (Lipinski definition) is 2. The van der Waals surface area contributed by atoms with Crippen molar-refractivity contribution in [1.82, 2.24) is 10.6 Å². The van der Waals surface area contributed by atoms with Crippen LogP contribution in [0.15, 0.2) is 24.3 Å². The smallest absolute Gasteiger partial charge is 0.277 e. The van der Waals surface area contributed by atoms with Gasteiger partial charge >= 0.3 is 6.03 Å². The van der Waals surface area contributed by atoms with Crippen LogP contribution in [0.1, 0.15) is 24.5 Å². The number of carbonyl (C=O) groups is 3. The van der Waals surface area contributed by atoms with Crippen LogP contribution in [0.2, 0.25) is 0 Å². The molecule has 0 saturated carbocycles. The van der Waals surface area contributed by atoms with Crippen LogP contribution in [0, 0.1) is 6.92 Å². The standard InChI is InChI=1S/C13H14N2O3/c1-3-13(9-6-4-8(2)5-7-9)10(16)14-12(18)15-11(13)17/h4-7H,3H2,1-2H3,(H2,14,15,16,17,18). The molecule has 0 bridgehead atoms. The molecule has 1 aliphatic rings. The monoisotopic (exact) mass is 246 g/mol. The van der Waals surface area contributed by atoms with Crippen LogP contribution in [-0.2, 0) is 15.0 Å². The Labute approximate surface area is 105 Å². The van der Waals surface area contributed by atoms with Crippen molar-refractivity contribution in [3.63, 3.8) is 0 Å². The highest BCUT2D eigenvalue weighted by Gasteiger charge is 2.50. The summed E-state index contributed by atoms with van der Waals surface area (Å²) in [5, 5.41) is 4.31. The molecule has 0 aromatic heterocycles. The average Bonchev–Trinajstić information content (AvgIpc) is 2.31. The van der Waals surface area contributed by atoms with Crippen molar-refractivity contribution in [2.75, 3.05) is 0 Å². The zero-order chi connectivity index (χ0) is 13.3. The first-order valence-corrected chi connectivity index (χ1v) is 5.74. The van der Waals surface area contributed by atoms with Gasteiger partial charge in [-0.1, -0.05) is 36.8 Å². The first-order valence-electron chi connectivity index (χ1n) is 5.74. The predicted octanol–water partition coefficient (Wildman–Crippen LogP) is 1.01. The number of nitrogens with one attached hydrogen (secondary N) is 2. The molecule has 1 heterocycles. The van der Waals surface area contributed by atoms with Crippen LogP contribution in [0.5, 0.6) is 0 Å². The lowest BCUT2D eigenvalue weighted by Crippen LogP contribution is -2.64. The van der Waals surface area contributed by atoms with Crippen LogP contribution in [0.3, 0.4) is 0 Å². The zero-order valence-electron chi connectivity index (χ0n) is 10.2. The van der Waals surface area contributed by atoms with E-state index >= 15 is 0 Å². The molecule has 1 fully saturated rings. The first kappa shape index (κ1) is 12.3. The van der Waals surface area contributed by atoms with Gasteiger partial charge in [0.05, 0.1) is 0 Å². The third-order valence-corrected chi connectivity index (χ3v) is 3.30. The predicted molar refractivity (Wildman–Crippen MR) is 64.8 cm³/mol. The van der Waals surface area contributed by atoms with Gasteiger partial charge in [0.25, 0.3) is 0 Å². The minimum atomic E-state index is -1.32. The van der Waals surface area contributed by atoms with Crippen LogP contribution >= 0.6 is 0 Å². The molecule has 18 heavy (non-hydrogen) atoms. The van der Waals surface area contributed by atoms with Crippen molar-refractivity contribution in [3.05, 3.63) is 35.4 Å². The number of hydrogen-bond acceptors (Lipinski definition) is 3. The molecule has 0 aliphatic carbocycles. The summed E-state index contributed by atoms with van der Waals surface area (Å²) in [6.45, 7) is 3.67. The van der Waals surface area contributed by atoms with E-state index in [4.69, 9.17) is 0 Å². The van der Waals surface area contributed by atoms with E-state index in [0.717, 1.165) is 5.56 Å². The highest BCUT2D eigenvalue weighted by Crippen LogP contribution is 2.30. The number of rotatable bonds is 2. The maximum absolute atomic E-state index is 12.1. The van der Waals surface area contributed by atoms with Gasteiger partial charge in [0, 0.05) is 0 Å². The van der Waals surface area contributed by atoms with Crippen LogP contribution in [0.4, 0.5) is 4.79 Å². The second-order valence-corrected chi connectivity index (χ2v) is 4.36. The Morgan fingerprint density at radius 1 is 1.00 bits per heavy atom. The van der Waals surface area contributed by atoms with E-state index in [1.54, 1.807) is 19.1 Å². The van der Waals surface area contributed by atoms with E-state index in [2.05, 4.69) is 10.6 Å². The van der Waals surface area contributed by atoms with E-state index in [0.29, 0.717) is 12.0 Å². The van der Waals surface area contributed by atoms with Crippen molar-refractivity contribution in [3.8, 4) is 0 Å². The van der Waals surface area contributed by atoms with Gasteiger partial charge in [0.2, 0.25) is 11.8 Å². The van der Waals surface area contributed by atoms with Gasteiger partial charge in [-0.3, -0.25) is 20.2 Å². The molecule has 0 radical (unpaired) electrons. The molecular weight excluding hydrogens is 232 g/mol. The molecule has 4 amide bonds. The number of amides is 4. The number of barbiturate groups is 1. The number of aryl methyl sites for hydroxylation is 1. The fraction of sp³-hybridized carbons (Fsp3) is 0.308. The van der Waals surface area contributed by atoms with E-state index in [1.807, 2.05) is 19.1 Å². The first-order chi connectivity index (χ1) is 8.50. The molecule has 0 unspecified atom stereocenters. The summed E-state index contributed by atoms with van der Waals surface area (Å²) in [5.74, 6) is -1.13. The lowest BCUT2D eigenvalue weighted by Gasteiger charge is -2.33. The highest BCUT2D eigenvalue weighted by molar-refractivity contribution is 6.22. The van der Waals surface area contributed by atoms with Crippen molar-refractivity contribution in [2.24, 2.45) is 0 Å². The molecule has 0 spiro atoms. The third-order valence-electron chi connectivity index (χ3n) is 3.30. The number of benzene rings is 1. The van der Waals surface area contributed by atoms with E-state index in [-0.39, 0.29) is 0 Å². The molecule has 2 rings (SSSR count). The Hall–Kier alpha value is -2.17. The van der Waals surface area contributed by atoms with Gasteiger partial charge in [-0.15, -0.1) is 0 Å². The fourth-order valence-corrected chi connectivity index (χ4v) is 2.18. The maximum atomic E-state index is 12.1. The maximum Gasteiger partial charge on any atom is 0.328 e. The summed E-state index contributed by atoms with van der Waals surface area (Å²) >= 11 is 0. The molecule has 0 atom stereocenters. The average molecular weight is 246 g/mol. The Balaban J connectivity index is 2.53. The Kier molecular flexibility index (Phi) is 2.90. The summed E-state index contributed by atoms with van der Waals surface area (Å²) in [7, 11) is 0. The molecule has 1 saturated heterocycles. The van der Waals surface area contributed by atoms with Crippen molar-refractivity contribution in [2.45, 2.75) is 25.7 Å². The minimum absolute atomic E-state index is 0.293. The highest BCUT2D eigenvalue weighted by atomic mass is 16.2. The molecule has 5 nitrogen and oxygen atoms in total. The summed E-state index contributed by atoms with van der Waals surface area (Å²) in [6, 6.07) is 6.40. The zero-order valence-corrected chi connectivity index (χ0v) is 10.2. The second kappa shape index (κ2) is 4.25. The largest absolute Gasteiger partial charge is 0.328 e. The Bertz CT molecular complexity index is 500. The summed E-state index contributed by atoms with van der Waals surface area (Å²) < 4.78 is 0. The van der Waals surface area contributed by atoms with E-state index < -0.39 is 23.3 Å². The van der Waals surface area contributed by atoms with E-state index in [9.17, 15) is 14.4 Å². The fourth-order valence-electron chi connectivity index (χ4n) is 2.18. The third kappa shape index (κ3) is 1.68. The van der Waals surface area contributed by atoms with Gasteiger partial charge in [-0.05, 0) is 18.9 Å². The quantitative estimate of drug-likeness (QED) is 0.765. The van der Waals surface area contributed by atoms with Crippen molar-refractivity contribution >= 4 is 17.8 Å². The van der Waals surface area contributed by atoms with Gasteiger partial charge in [-0.2, -0.15) is 0 Å². The summed E-state index contributed by atoms with van der Waals surface area (Å²) in [4.78, 5) is 35.2. The molecule has 2 N–H and O–H groups in total. The number of imide groups is 2. The van der Waals surface area contributed by atoms with Crippen LogP contribution in [-0.4, -0.2) is 17.8 Å². The van der Waals surface area contributed by atoms with Gasteiger partial charge in [0.15, 0.2) is 5.41 Å². The minimum Gasteiger partial charge on any atom is -0.277 e. The van der Waals surface area contributed by atoms with Gasteiger partial charge in [-0.25, -0.2) is 4.79 Å². The number of urea groups is 1. The van der Waals surface area contributed by atoms with Crippen LogP contribution < -0.4 is 10.6 Å². The lowest BCUT2D eigenvalue weighted by molar-refractivity contribution is -0.138. The normalized spacial score (nSPS) is 18.2. The Morgan fingerprint density at radius 2 is 1.50 bits per heavy atom. The Morgan fingerprint density at radius 3 is 1.94 bits per heavy atom. The molecule has 1 aromatic rings. The van der Waals surface area contributed by atoms with Gasteiger partial charge < -0.3 is 0 Å². The number of carbonyl (C=O) groups excluding carboxylic acids is 3. The van der Waals surface area contributed by atoms with Crippen molar-refractivity contribution < 1.29 is 14.4 Å². The second-order valence-electron chi connectivity index (χ2n) is 4.36. The summed E-state index contributed by atoms with van der Waals surface area (Å²) in [6.07, 6.45) is 0.293. The molecule has 94 valence electrons. The molecule has 1 aliphatic heterocycles. The molecular formula is C13H14N2O3. The topological polar surface area (TPSA) is 75.3 Å².